The van der Waals surface area contributed by atoms with E-state index < -0.39 is 11.9 Å². The Morgan fingerprint density at radius 3 is 2.50 bits per heavy atom. The molecular formula is C17H17N3O4. The van der Waals surface area contributed by atoms with Crippen molar-refractivity contribution in [1.29, 1.82) is 0 Å². The molecule has 0 bridgehead atoms. The normalized spacial score (nSPS) is 13.8. The molecule has 124 valence electrons. The van der Waals surface area contributed by atoms with Gasteiger partial charge in [0.2, 0.25) is 0 Å². The van der Waals surface area contributed by atoms with Crippen molar-refractivity contribution >= 4 is 11.9 Å². The van der Waals surface area contributed by atoms with Gasteiger partial charge in [-0.15, -0.1) is 0 Å². The Morgan fingerprint density at radius 1 is 1.17 bits per heavy atom. The molecule has 1 amide bonds. The van der Waals surface area contributed by atoms with Gasteiger partial charge < -0.3 is 15.2 Å². The molecule has 7 nitrogen and oxygen atoms in total. The number of ether oxygens (including phenoxy) is 1. The van der Waals surface area contributed by atoms with Gasteiger partial charge in [0, 0.05) is 12.1 Å². The monoisotopic (exact) mass is 327 g/mol. The molecule has 0 radical (unpaired) electrons. The van der Waals surface area contributed by atoms with Crippen LogP contribution < -0.4 is 10.1 Å². The standard InChI is InChI=1S/C17H17N3O4/c21-16(13-9-19-14(10-18-13)17(22)23)20-8-11-4-1-2-7-15(11)24-12-5-3-6-12/h1-2,4,7,9-10,12H,3,5-6,8H2,(H,20,21)(H,22,23). The highest BCUT2D eigenvalue weighted by Gasteiger charge is 2.20. The number of aromatic carboxylic acids is 1. The Bertz CT molecular complexity index is 742. The number of aromatic nitrogens is 2. The van der Waals surface area contributed by atoms with Crippen LogP contribution in [0.5, 0.6) is 5.75 Å². The average Bonchev–Trinajstić information content (AvgIpc) is 2.57. The number of amides is 1. The highest BCUT2D eigenvalue weighted by molar-refractivity contribution is 5.92. The Kier molecular flexibility index (Phi) is 4.69. The summed E-state index contributed by atoms with van der Waals surface area (Å²) < 4.78 is 5.92. The first-order chi connectivity index (χ1) is 11.6. The molecule has 1 heterocycles. The predicted octanol–water partition coefficient (Wildman–Crippen LogP) is 2.04. The topological polar surface area (TPSA) is 101 Å². The number of hydrogen-bond acceptors (Lipinski definition) is 5. The van der Waals surface area contributed by atoms with Crippen molar-refractivity contribution in [3.8, 4) is 5.75 Å². The molecule has 0 unspecified atom stereocenters. The summed E-state index contributed by atoms with van der Waals surface area (Å²) in [5.41, 5.74) is 0.746. The second kappa shape index (κ2) is 7.08. The molecule has 24 heavy (non-hydrogen) atoms. The maximum Gasteiger partial charge on any atom is 0.356 e. The minimum Gasteiger partial charge on any atom is -0.490 e. The van der Waals surface area contributed by atoms with Gasteiger partial charge in [0.25, 0.3) is 5.91 Å². The highest BCUT2D eigenvalue weighted by atomic mass is 16.5. The number of nitrogens with one attached hydrogen (secondary N) is 1. The molecule has 1 fully saturated rings. The molecule has 0 saturated heterocycles. The summed E-state index contributed by atoms with van der Waals surface area (Å²) in [6, 6.07) is 7.57. The van der Waals surface area contributed by atoms with E-state index in [4.69, 9.17) is 9.84 Å². The van der Waals surface area contributed by atoms with Gasteiger partial charge >= 0.3 is 5.97 Å². The van der Waals surface area contributed by atoms with E-state index in [0.717, 1.165) is 36.5 Å². The van der Waals surface area contributed by atoms with Crippen molar-refractivity contribution in [2.24, 2.45) is 0 Å². The lowest BCUT2D eigenvalue weighted by Gasteiger charge is -2.27. The molecule has 7 heteroatoms. The summed E-state index contributed by atoms with van der Waals surface area (Å²) in [6.07, 6.45) is 5.78. The van der Waals surface area contributed by atoms with E-state index in [2.05, 4.69) is 15.3 Å². The lowest BCUT2D eigenvalue weighted by Crippen LogP contribution is -2.27. The van der Waals surface area contributed by atoms with Crippen LogP contribution in [-0.4, -0.2) is 33.1 Å². The minimum atomic E-state index is -1.18. The third kappa shape index (κ3) is 3.68. The van der Waals surface area contributed by atoms with Crippen LogP contribution in [0.4, 0.5) is 0 Å². The zero-order valence-electron chi connectivity index (χ0n) is 12.9. The van der Waals surface area contributed by atoms with E-state index in [1.165, 1.54) is 6.42 Å². The predicted molar refractivity (Wildman–Crippen MR) is 84.9 cm³/mol. The number of para-hydroxylation sites is 1. The van der Waals surface area contributed by atoms with E-state index in [1.807, 2.05) is 24.3 Å². The lowest BCUT2D eigenvalue weighted by atomic mass is 9.96. The van der Waals surface area contributed by atoms with Crippen LogP contribution >= 0.6 is 0 Å². The Labute approximate surface area is 138 Å². The quantitative estimate of drug-likeness (QED) is 0.842. The molecule has 0 atom stereocenters. The number of nitrogens with zero attached hydrogens (tertiary/aromatic N) is 2. The number of carboxylic acid groups (broad SMARTS) is 1. The maximum atomic E-state index is 12.1. The van der Waals surface area contributed by atoms with Crippen molar-refractivity contribution in [3.05, 3.63) is 53.6 Å². The third-order valence-electron chi connectivity index (χ3n) is 3.86. The van der Waals surface area contributed by atoms with E-state index >= 15 is 0 Å². The van der Waals surface area contributed by atoms with E-state index in [1.54, 1.807) is 0 Å². The molecule has 0 spiro atoms. The molecule has 1 aromatic carbocycles. The molecular weight excluding hydrogens is 310 g/mol. The molecule has 1 aliphatic rings. The van der Waals surface area contributed by atoms with E-state index in [-0.39, 0.29) is 17.5 Å². The van der Waals surface area contributed by atoms with Crippen LogP contribution in [0, 0.1) is 0 Å². The summed E-state index contributed by atoms with van der Waals surface area (Å²) in [5, 5.41) is 11.5. The number of hydrogen-bond donors (Lipinski definition) is 2. The smallest absolute Gasteiger partial charge is 0.356 e. The molecule has 2 aromatic rings. The van der Waals surface area contributed by atoms with Gasteiger partial charge in [-0.25, -0.2) is 14.8 Å². The van der Waals surface area contributed by atoms with Gasteiger partial charge in [0.15, 0.2) is 5.69 Å². The summed E-state index contributed by atoms with van der Waals surface area (Å²) >= 11 is 0. The van der Waals surface area contributed by atoms with Gasteiger partial charge in [-0.05, 0) is 25.3 Å². The van der Waals surface area contributed by atoms with Crippen molar-refractivity contribution in [2.45, 2.75) is 31.9 Å². The zero-order chi connectivity index (χ0) is 16.9. The summed E-state index contributed by atoms with van der Waals surface area (Å²) in [5.74, 6) is -0.829. The fourth-order valence-corrected chi connectivity index (χ4v) is 2.25. The minimum absolute atomic E-state index is 0.0670. The average molecular weight is 327 g/mol. The molecule has 1 saturated carbocycles. The second-order valence-corrected chi connectivity index (χ2v) is 5.55. The fourth-order valence-electron chi connectivity index (χ4n) is 2.25. The van der Waals surface area contributed by atoms with Crippen molar-refractivity contribution < 1.29 is 19.4 Å². The van der Waals surface area contributed by atoms with Gasteiger partial charge in [0.05, 0.1) is 18.5 Å². The second-order valence-electron chi connectivity index (χ2n) is 5.55. The third-order valence-corrected chi connectivity index (χ3v) is 3.86. The van der Waals surface area contributed by atoms with Crippen LogP contribution in [0.1, 0.15) is 45.8 Å². The van der Waals surface area contributed by atoms with Crippen molar-refractivity contribution in [3.63, 3.8) is 0 Å². The number of carboxylic acids is 1. The van der Waals surface area contributed by atoms with Crippen molar-refractivity contribution in [1.82, 2.24) is 15.3 Å². The van der Waals surface area contributed by atoms with Gasteiger partial charge in [0.1, 0.15) is 11.4 Å². The van der Waals surface area contributed by atoms with Gasteiger partial charge in [-0.1, -0.05) is 18.2 Å². The van der Waals surface area contributed by atoms with Gasteiger partial charge in [-0.2, -0.15) is 0 Å². The Morgan fingerprint density at radius 2 is 1.88 bits per heavy atom. The zero-order valence-corrected chi connectivity index (χ0v) is 12.9. The first-order valence-corrected chi connectivity index (χ1v) is 7.71. The fraction of sp³-hybridized carbons (Fsp3) is 0.294. The largest absolute Gasteiger partial charge is 0.490 e. The van der Waals surface area contributed by atoms with Crippen LogP contribution in [0.15, 0.2) is 36.7 Å². The number of rotatable bonds is 6. The van der Waals surface area contributed by atoms with Crippen LogP contribution in [0.2, 0.25) is 0 Å². The Balaban J connectivity index is 1.62. The first kappa shape index (κ1) is 15.9. The van der Waals surface area contributed by atoms with Crippen LogP contribution in [0.3, 0.4) is 0 Å². The number of benzene rings is 1. The SMILES string of the molecule is O=C(O)c1cnc(C(=O)NCc2ccccc2OC2CCC2)cn1. The maximum absolute atomic E-state index is 12.1. The molecule has 0 aliphatic heterocycles. The molecule has 3 rings (SSSR count). The molecule has 2 N–H and O–H groups in total. The van der Waals surface area contributed by atoms with Crippen LogP contribution in [-0.2, 0) is 6.54 Å². The van der Waals surface area contributed by atoms with Crippen molar-refractivity contribution in [2.75, 3.05) is 0 Å². The molecule has 1 aromatic heterocycles. The summed E-state index contributed by atoms with van der Waals surface area (Å²) in [7, 11) is 0. The Hall–Kier alpha value is -2.96. The van der Waals surface area contributed by atoms with Crippen LogP contribution in [0.25, 0.3) is 0 Å². The van der Waals surface area contributed by atoms with E-state index in [0.29, 0.717) is 6.54 Å². The lowest BCUT2D eigenvalue weighted by molar-refractivity contribution is 0.0689. The summed E-state index contributed by atoms with van der Waals surface area (Å²) in [6.45, 7) is 0.296. The summed E-state index contributed by atoms with van der Waals surface area (Å²) in [4.78, 5) is 30.3. The number of carbonyl (C=O) groups excluding carboxylic acids is 1. The first-order valence-electron chi connectivity index (χ1n) is 7.71. The van der Waals surface area contributed by atoms with E-state index in [9.17, 15) is 9.59 Å². The molecule has 1 aliphatic carbocycles. The highest BCUT2D eigenvalue weighted by Crippen LogP contribution is 2.27. The number of carbonyl (C=O) groups is 2. The van der Waals surface area contributed by atoms with Gasteiger partial charge in [-0.3, -0.25) is 4.79 Å².